The number of nitrogens with zero attached hydrogens (tertiary/aromatic N) is 2. The van der Waals surface area contributed by atoms with E-state index in [0.717, 1.165) is 25.0 Å². The topological polar surface area (TPSA) is 77.7 Å². The van der Waals surface area contributed by atoms with Gasteiger partial charge in [-0.1, -0.05) is 18.2 Å². The number of benzene rings is 1. The molecule has 2 aromatic rings. The normalized spacial score (nSPS) is 15.0. The van der Waals surface area contributed by atoms with Gasteiger partial charge in [0.1, 0.15) is 17.2 Å². The highest BCUT2D eigenvalue weighted by molar-refractivity contribution is 5.92. The molecule has 3 rings (SSSR count). The minimum atomic E-state index is -0.0658. The Kier molecular flexibility index (Phi) is 6.57. The van der Waals surface area contributed by atoms with Crippen molar-refractivity contribution in [3.8, 4) is 11.5 Å². The van der Waals surface area contributed by atoms with E-state index in [1.807, 2.05) is 35.2 Å². The number of rotatable bonds is 7. The molecule has 0 unspecified atom stereocenters. The van der Waals surface area contributed by atoms with Crippen LogP contribution in [0.1, 0.15) is 29.8 Å². The number of ether oxygens (including phenoxy) is 2. The highest BCUT2D eigenvalue weighted by Gasteiger charge is 2.24. The number of hydrogen-bond donors (Lipinski definition) is 1. The number of likely N-dealkylation sites (tertiary alicyclic amines) is 1. The number of carbonyl (C=O) groups excluding carboxylic acids is 1. The number of para-hydroxylation sites is 1. The van der Waals surface area contributed by atoms with Gasteiger partial charge < -0.3 is 20.1 Å². The van der Waals surface area contributed by atoms with Gasteiger partial charge in [-0.15, -0.1) is 0 Å². The smallest absolute Gasteiger partial charge is 0.272 e. The summed E-state index contributed by atoms with van der Waals surface area (Å²) in [6, 6.07) is 12.9. The molecule has 0 saturated carbocycles. The Morgan fingerprint density at radius 1 is 1.15 bits per heavy atom. The van der Waals surface area contributed by atoms with Crippen molar-refractivity contribution in [1.29, 1.82) is 0 Å². The second kappa shape index (κ2) is 9.31. The van der Waals surface area contributed by atoms with Gasteiger partial charge >= 0.3 is 0 Å². The van der Waals surface area contributed by atoms with Crippen LogP contribution in [0.2, 0.25) is 0 Å². The molecule has 26 heavy (non-hydrogen) atoms. The van der Waals surface area contributed by atoms with E-state index >= 15 is 0 Å². The van der Waals surface area contributed by atoms with E-state index < -0.39 is 0 Å². The molecular formula is C20H25N3O3. The zero-order valence-corrected chi connectivity index (χ0v) is 14.8. The fraction of sp³-hybridized carbons (Fsp3) is 0.400. The van der Waals surface area contributed by atoms with Crippen LogP contribution in [0.25, 0.3) is 0 Å². The first-order chi connectivity index (χ1) is 12.8. The predicted molar refractivity (Wildman–Crippen MR) is 99.3 cm³/mol. The Hall–Kier alpha value is -2.44. The first-order valence-electron chi connectivity index (χ1n) is 9.06. The number of hydrogen-bond acceptors (Lipinski definition) is 5. The summed E-state index contributed by atoms with van der Waals surface area (Å²) in [5, 5.41) is 0. The van der Waals surface area contributed by atoms with Crippen LogP contribution in [0, 0.1) is 0 Å². The van der Waals surface area contributed by atoms with Gasteiger partial charge in [0.2, 0.25) is 0 Å². The lowest BCUT2D eigenvalue weighted by Crippen LogP contribution is -2.41. The summed E-state index contributed by atoms with van der Waals surface area (Å²) in [7, 11) is 0. The van der Waals surface area contributed by atoms with Gasteiger partial charge in [0, 0.05) is 32.0 Å². The van der Waals surface area contributed by atoms with Gasteiger partial charge in [-0.05, 0) is 44.0 Å². The Labute approximate surface area is 153 Å². The molecule has 0 aliphatic carbocycles. The summed E-state index contributed by atoms with van der Waals surface area (Å²) >= 11 is 0. The number of nitrogens with two attached hydrogens (primary N) is 1. The summed E-state index contributed by atoms with van der Waals surface area (Å²) in [4.78, 5) is 18.8. The number of pyridine rings is 1. The number of aromatic nitrogens is 1. The van der Waals surface area contributed by atoms with E-state index in [-0.39, 0.29) is 12.0 Å². The quantitative estimate of drug-likeness (QED) is 0.773. The summed E-state index contributed by atoms with van der Waals surface area (Å²) < 4.78 is 11.6. The molecule has 6 nitrogen and oxygen atoms in total. The summed E-state index contributed by atoms with van der Waals surface area (Å²) in [5.41, 5.74) is 5.88. The highest BCUT2D eigenvalue weighted by Crippen LogP contribution is 2.22. The zero-order chi connectivity index (χ0) is 18.2. The number of piperidine rings is 1. The van der Waals surface area contributed by atoms with Gasteiger partial charge in [0.05, 0.1) is 6.10 Å². The molecular weight excluding hydrogens is 330 g/mol. The van der Waals surface area contributed by atoms with Gasteiger partial charge in [-0.25, -0.2) is 0 Å². The van der Waals surface area contributed by atoms with Crippen molar-refractivity contribution in [2.24, 2.45) is 5.73 Å². The summed E-state index contributed by atoms with van der Waals surface area (Å²) in [6.07, 6.45) is 4.38. The Balaban J connectivity index is 1.56. The maximum Gasteiger partial charge on any atom is 0.272 e. The average Bonchev–Trinajstić information content (AvgIpc) is 2.69. The van der Waals surface area contributed by atoms with E-state index in [2.05, 4.69) is 4.98 Å². The fourth-order valence-corrected chi connectivity index (χ4v) is 2.94. The number of amides is 1. The maximum absolute atomic E-state index is 12.7. The van der Waals surface area contributed by atoms with Crippen molar-refractivity contribution < 1.29 is 14.3 Å². The average molecular weight is 355 g/mol. The third-order valence-corrected chi connectivity index (χ3v) is 4.36. The van der Waals surface area contributed by atoms with Crippen molar-refractivity contribution in [2.75, 3.05) is 26.2 Å². The molecule has 0 radical (unpaired) electrons. The van der Waals surface area contributed by atoms with Crippen LogP contribution in [0.4, 0.5) is 0 Å². The zero-order valence-electron chi connectivity index (χ0n) is 14.8. The molecule has 138 valence electrons. The molecule has 1 aromatic carbocycles. The van der Waals surface area contributed by atoms with Crippen molar-refractivity contribution in [2.45, 2.75) is 25.4 Å². The maximum atomic E-state index is 12.7. The standard InChI is InChI=1S/C20H25N3O3/c21-10-4-14-25-16-8-12-23(13-9-16)20(24)19-15-18(7-11-22-19)26-17-5-2-1-3-6-17/h1-3,5-7,11,15-16H,4,8-10,12-14,21H2. The largest absolute Gasteiger partial charge is 0.457 e. The van der Waals surface area contributed by atoms with E-state index in [9.17, 15) is 4.79 Å². The molecule has 1 aromatic heterocycles. The highest BCUT2D eigenvalue weighted by atomic mass is 16.5. The lowest BCUT2D eigenvalue weighted by atomic mass is 10.1. The van der Waals surface area contributed by atoms with Crippen LogP contribution in [-0.4, -0.2) is 48.1 Å². The van der Waals surface area contributed by atoms with E-state index in [4.69, 9.17) is 15.2 Å². The van der Waals surface area contributed by atoms with Gasteiger partial charge in [-0.2, -0.15) is 0 Å². The Morgan fingerprint density at radius 2 is 1.92 bits per heavy atom. The van der Waals surface area contributed by atoms with E-state index in [1.165, 1.54) is 0 Å². The van der Waals surface area contributed by atoms with E-state index in [1.54, 1.807) is 18.3 Å². The first kappa shape index (κ1) is 18.4. The molecule has 1 fully saturated rings. The van der Waals surface area contributed by atoms with Gasteiger partial charge in [0.15, 0.2) is 0 Å². The minimum absolute atomic E-state index is 0.0658. The predicted octanol–water partition coefficient (Wildman–Crippen LogP) is 2.84. The van der Waals surface area contributed by atoms with Crippen LogP contribution in [-0.2, 0) is 4.74 Å². The third-order valence-electron chi connectivity index (χ3n) is 4.36. The van der Waals surface area contributed by atoms with E-state index in [0.29, 0.717) is 37.7 Å². The Morgan fingerprint density at radius 3 is 2.65 bits per heavy atom. The lowest BCUT2D eigenvalue weighted by Gasteiger charge is -2.31. The monoisotopic (exact) mass is 355 g/mol. The van der Waals surface area contributed by atoms with Crippen LogP contribution in [0.3, 0.4) is 0 Å². The van der Waals surface area contributed by atoms with Crippen molar-refractivity contribution >= 4 is 5.91 Å². The molecule has 1 aliphatic rings. The van der Waals surface area contributed by atoms with Crippen LogP contribution < -0.4 is 10.5 Å². The molecule has 1 amide bonds. The molecule has 6 heteroatoms. The van der Waals surface area contributed by atoms with Crippen LogP contribution in [0.15, 0.2) is 48.7 Å². The molecule has 0 spiro atoms. The second-order valence-electron chi connectivity index (χ2n) is 6.30. The van der Waals surface area contributed by atoms with Crippen molar-refractivity contribution in [3.63, 3.8) is 0 Å². The van der Waals surface area contributed by atoms with Crippen LogP contribution >= 0.6 is 0 Å². The second-order valence-corrected chi connectivity index (χ2v) is 6.30. The molecule has 0 atom stereocenters. The summed E-state index contributed by atoms with van der Waals surface area (Å²) in [6.45, 7) is 2.69. The molecule has 0 bridgehead atoms. The number of carbonyl (C=O) groups is 1. The molecule has 1 aliphatic heterocycles. The van der Waals surface area contributed by atoms with Gasteiger partial charge in [-0.3, -0.25) is 9.78 Å². The molecule has 2 N–H and O–H groups in total. The van der Waals surface area contributed by atoms with Crippen molar-refractivity contribution in [3.05, 3.63) is 54.4 Å². The molecule has 1 saturated heterocycles. The fourth-order valence-electron chi connectivity index (χ4n) is 2.94. The summed E-state index contributed by atoms with van der Waals surface area (Å²) in [5.74, 6) is 1.27. The Bertz CT molecular complexity index is 700. The third kappa shape index (κ3) is 5.03. The molecule has 2 heterocycles. The van der Waals surface area contributed by atoms with Crippen molar-refractivity contribution in [1.82, 2.24) is 9.88 Å². The lowest BCUT2D eigenvalue weighted by molar-refractivity contribution is 0.00828. The van der Waals surface area contributed by atoms with Crippen LogP contribution in [0.5, 0.6) is 11.5 Å². The first-order valence-corrected chi connectivity index (χ1v) is 9.06. The van der Waals surface area contributed by atoms with Gasteiger partial charge in [0.25, 0.3) is 5.91 Å². The minimum Gasteiger partial charge on any atom is -0.457 e. The SMILES string of the molecule is NCCCOC1CCN(C(=O)c2cc(Oc3ccccc3)ccn2)CC1.